The van der Waals surface area contributed by atoms with E-state index in [1.165, 1.54) is 4.90 Å². The number of aryl methyl sites for hydroxylation is 1. The van der Waals surface area contributed by atoms with Crippen LogP contribution in [-0.4, -0.2) is 107 Å². The van der Waals surface area contributed by atoms with Crippen LogP contribution in [-0.2, 0) is 49.5 Å². The maximum absolute atomic E-state index is 14.4. The molecule has 16 nitrogen and oxygen atoms in total. The smallest absolute Gasteiger partial charge is 0.329 e. The van der Waals surface area contributed by atoms with Crippen molar-refractivity contribution < 1.29 is 48.2 Å². The number of Topliss-reactive ketones (excluding diaryl/α,β-unsaturated/α-hetero) is 1. The molecule has 16 heteroatoms. The lowest BCUT2D eigenvalue weighted by molar-refractivity contribution is -0.145. The average Bonchev–Trinajstić information content (AvgIpc) is 3.58. The Kier molecular flexibility index (Phi) is 17.5. The standard InChI is InChI=1S/C38H56N6O10/c1-4-6-13-28(35(39)50)41-31(46)20-40-37(52)34(49)27(10-5-2)42-36(51)29-19-26(54-22-32(47)48)21-44(29)38(53)33(25-11-8-7-9-12-25)43-30(45)18-24-16-14-23(3)15-17-24/h14-17,25-29,33H,4-13,18-22H2,1-3H3,(H2,39,50)(H,40,52)(H,41,46)(H,42,51)(H,43,45)(H,47,48). The van der Waals surface area contributed by atoms with Crippen LogP contribution in [0.25, 0.3) is 0 Å². The van der Waals surface area contributed by atoms with E-state index in [4.69, 9.17) is 10.5 Å². The number of nitrogens with zero attached hydrogens (tertiary/aromatic N) is 1. The Balaban J connectivity index is 1.77. The van der Waals surface area contributed by atoms with Gasteiger partial charge in [0.15, 0.2) is 0 Å². The fourth-order valence-electron chi connectivity index (χ4n) is 6.91. The van der Waals surface area contributed by atoms with Gasteiger partial charge in [-0.15, -0.1) is 0 Å². The van der Waals surface area contributed by atoms with Gasteiger partial charge in [0.25, 0.3) is 5.91 Å². The molecule has 6 amide bonds. The van der Waals surface area contributed by atoms with Crippen LogP contribution in [0.1, 0.15) is 95.6 Å². The van der Waals surface area contributed by atoms with Crippen molar-refractivity contribution in [2.45, 2.75) is 128 Å². The van der Waals surface area contributed by atoms with E-state index in [0.29, 0.717) is 32.1 Å². The average molecular weight is 757 g/mol. The summed E-state index contributed by atoms with van der Waals surface area (Å²) in [4.78, 5) is 105. The van der Waals surface area contributed by atoms with Crippen LogP contribution in [0.2, 0.25) is 0 Å². The van der Waals surface area contributed by atoms with Gasteiger partial charge in [-0.25, -0.2) is 4.79 Å². The SMILES string of the molecule is CCCCC(NC(=O)CNC(=O)C(=O)C(CCC)NC(=O)C1CC(OCC(=O)O)CN1C(=O)C(NC(=O)Cc1ccc(C)cc1)C1CCCCC1)C(N)=O. The Hall–Kier alpha value is -4.86. The second kappa shape index (κ2) is 21.7. The quantitative estimate of drug-likeness (QED) is 0.0964. The van der Waals surface area contributed by atoms with Gasteiger partial charge in [-0.1, -0.05) is 82.2 Å². The molecule has 1 aliphatic carbocycles. The maximum atomic E-state index is 14.4. The number of ketones is 1. The lowest BCUT2D eigenvalue weighted by Gasteiger charge is -2.35. The van der Waals surface area contributed by atoms with Gasteiger partial charge in [-0.2, -0.15) is 0 Å². The summed E-state index contributed by atoms with van der Waals surface area (Å²) in [5, 5.41) is 19.4. The molecule has 1 aromatic carbocycles. The second-order valence-electron chi connectivity index (χ2n) is 14.2. The number of carbonyl (C=O) groups is 8. The van der Waals surface area contributed by atoms with Crippen LogP contribution in [0.4, 0.5) is 0 Å². The number of amides is 6. The number of ether oxygens (including phenoxy) is 1. The van der Waals surface area contributed by atoms with Gasteiger partial charge in [0.05, 0.1) is 25.1 Å². The zero-order chi connectivity index (χ0) is 39.8. The Morgan fingerprint density at radius 2 is 1.57 bits per heavy atom. The normalized spacial score (nSPS) is 18.8. The van der Waals surface area contributed by atoms with E-state index >= 15 is 0 Å². The molecule has 7 N–H and O–H groups in total. The number of carboxylic acid groups (broad SMARTS) is 1. The second-order valence-corrected chi connectivity index (χ2v) is 14.2. The van der Waals surface area contributed by atoms with Gasteiger partial charge >= 0.3 is 5.97 Å². The third-order valence-corrected chi connectivity index (χ3v) is 9.85. The monoisotopic (exact) mass is 756 g/mol. The highest BCUT2D eigenvalue weighted by Crippen LogP contribution is 2.30. The van der Waals surface area contributed by atoms with Crippen LogP contribution in [0.3, 0.4) is 0 Å². The van der Waals surface area contributed by atoms with Crippen molar-refractivity contribution in [2.75, 3.05) is 19.7 Å². The molecule has 2 fully saturated rings. The van der Waals surface area contributed by atoms with E-state index in [0.717, 1.165) is 36.8 Å². The molecule has 2 aliphatic rings. The zero-order valence-electron chi connectivity index (χ0n) is 31.5. The van der Waals surface area contributed by atoms with E-state index in [2.05, 4.69) is 21.3 Å². The molecule has 0 spiro atoms. The number of unbranched alkanes of at least 4 members (excludes halogenated alkanes) is 1. The molecule has 5 unspecified atom stereocenters. The largest absolute Gasteiger partial charge is 0.480 e. The molecule has 1 aliphatic heterocycles. The van der Waals surface area contributed by atoms with Gasteiger partial charge in [-0.3, -0.25) is 33.6 Å². The van der Waals surface area contributed by atoms with Crippen molar-refractivity contribution in [1.82, 2.24) is 26.2 Å². The molecule has 1 saturated heterocycles. The summed E-state index contributed by atoms with van der Waals surface area (Å²) in [6.45, 7) is 4.18. The van der Waals surface area contributed by atoms with Crippen LogP contribution < -0.4 is 27.0 Å². The van der Waals surface area contributed by atoms with E-state index in [-0.39, 0.29) is 37.6 Å². The first-order chi connectivity index (χ1) is 25.7. The maximum Gasteiger partial charge on any atom is 0.329 e. The minimum absolute atomic E-state index is 0.0418. The van der Waals surface area contributed by atoms with Gasteiger partial charge in [0.1, 0.15) is 24.7 Å². The van der Waals surface area contributed by atoms with E-state index < -0.39 is 84.7 Å². The van der Waals surface area contributed by atoms with Gasteiger partial charge < -0.3 is 41.7 Å². The third-order valence-electron chi connectivity index (χ3n) is 9.85. The number of hydrogen-bond donors (Lipinski definition) is 6. The molecule has 1 aromatic rings. The lowest BCUT2D eigenvalue weighted by Crippen LogP contribution is -2.58. The number of primary amides is 1. The molecular formula is C38H56N6O10. The molecule has 298 valence electrons. The fraction of sp³-hybridized carbons (Fsp3) is 0.632. The molecular weight excluding hydrogens is 700 g/mol. The number of nitrogens with two attached hydrogens (primary N) is 1. The van der Waals surface area contributed by atoms with Gasteiger partial charge in [-0.05, 0) is 44.1 Å². The number of likely N-dealkylation sites (tertiary alicyclic amines) is 1. The highest BCUT2D eigenvalue weighted by molar-refractivity contribution is 6.38. The Bertz CT molecular complexity index is 1500. The summed E-state index contributed by atoms with van der Waals surface area (Å²) < 4.78 is 5.52. The predicted molar refractivity (Wildman–Crippen MR) is 196 cm³/mol. The first-order valence-corrected chi connectivity index (χ1v) is 18.9. The highest BCUT2D eigenvalue weighted by Gasteiger charge is 2.45. The van der Waals surface area contributed by atoms with Crippen molar-refractivity contribution in [3.63, 3.8) is 0 Å². The molecule has 0 radical (unpaired) electrons. The summed E-state index contributed by atoms with van der Waals surface area (Å²) in [7, 11) is 0. The van der Waals surface area contributed by atoms with E-state index in [1.54, 1.807) is 6.92 Å². The molecule has 0 bridgehead atoms. The van der Waals surface area contributed by atoms with Crippen molar-refractivity contribution in [3.8, 4) is 0 Å². The first-order valence-electron chi connectivity index (χ1n) is 18.9. The Morgan fingerprint density at radius 3 is 2.19 bits per heavy atom. The summed E-state index contributed by atoms with van der Waals surface area (Å²) >= 11 is 0. The van der Waals surface area contributed by atoms with Crippen LogP contribution in [0.15, 0.2) is 24.3 Å². The summed E-state index contributed by atoms with van der Waals surface area (Å²) in [5.74, 6) is -6.67. The minimum Gasteiger partial charge on any atom is -0.480 e. The lowest BCUT2D eigenvalue weighted by atomic mass is 9.83. The number of carbonyl (C=O) groups excluding carboxylic acids is 7. The third kappa shape index (κ3) is 13.5. The first kappa shape index (κ1) is 43.5. The topological polar surface area (TPSA) is 243 Å². The number of hydrogen-bond acceptors (Lipinski definition) is 9. The van der Waals surface area contributed by atoms with Crippen LogP contribution in [0, 0.1) is 12.8 Å². The Morgan fingerprint density at radius 1 is 0.889 bits per heavy atom. The number of carboxylic acids is 1. The summed E-state index contributed by atoms with van der Waals surface area (Å²) in [5.41, 5.74) is 7.17. The molecule has 1 saturated carbocycles. The van der Waals surface area contributed by atoms with E-state index in [9.17, 15) is 43.5 Å². The molecule has 3 rings (SSSR count). The summed E-state index contributed by atoms with van der Waals surface area (Å²) in [6.07, 6.45) is 5.39. The number of rotatable bonds is 21. The Labute approximate surface area is 316 Å². The van der Waals surface area contributed by atoms with Gasteiger partial charge in [0, 0.05) is 13.0 Å². The fourth-order valence-corrected chi connectivity index (χ4v) is 6.91. The molecule has 1 heterocycles. The van der Waals surface area contributed by atoms with Crippen molar-refractivity contribution in [3.05, 3.63) is 35.4 Å². The van der Waals surface area contributed by atoms with Crippen LogP contribution >= 0.6 is 0 Å². The molecule has 0 aromatic heterocycles. The number of nitrogens with one attached hydrogen (secondary N) is 4. The van der Waals surface area contributed by atoms with Gasteiger partial charge in [0.2, 0.25) is 35.3 Å². The van der Waals surface area contributed by atoms with Crippen molar-refractivity contribution >= 4 is 47.2 Å². The van der Waals surface area contributed by atoms with E-state index in [1.807, 2.05) is 38.1 Å². The van der Waals surface area contributed by atoms with Crippen LogP contribution in [0.5, 0.6) is 0 Å². The predicted octanol–water partition coefficient (Wildman–Crippen LogP) is 0.804. The molecule has 54 heavy (non-hydrogen) atoms. The zero-order valence-corrected chi connectivity index (χ0v) is 31.5. The highest BCUT2D eigenvalue weighted by atomic mass is 16.5. The minimum atomic E-state index is -1.31. The van der Waals surface area contributed by atoms with Crippen molar-refractivity contribution in [2.24, 2.45) is 11.7 Å². The molecule has 5 atom stereocenters. The van der Waals surface area contributed by atoms with Crippen molar-refractivity contribution in [1.29, 1.82) is 0 Å². The number of benzene rings is 1. The summed E-state index contributed by atoms with van der Waals surface area (Å²) in [6, 6.07) is 3.06. The number of aliphatic carboxylic acids is 1.